The monoisotopic (exact) mass is 356 g/mol. The van der Waals surface area contributed by atoms with E-state index in [1.165, 1.54) is 24.3 Å². The molecule has 0 aromatic heterocycles. The Kier molecular flexibility index (Phi) is 6.39. The van der Waals surface area contributed by atoms with Crippen molar-refractivity contribution in [3.05, 3.63) is 71.5 Å². The van der Waals surface area contributed by atoms with E-state index in [9.17, 15) is 23.9 Å². The first-order chi connectivity index (χ1) is 12.4. The Labute approximate surface area is 151 Å². The third kappa shape index (κ3) is 4.23. The lowest BCUT2D eigenvalue weighted by molar-refractivity contribution is -0.147. The molecule has 0 bridgehead atoms. The van der Waals surface area contributed by atoms with Crippen LogP contribution in [-0.2, 0) is 9.59 Å². The van der Waals surface area contributed by atoms with Gasteiger partial charge >= 0.3 is 5.97 Å². The zero-order valence-corrected chi connectivity index (χ0v) is 14.7. The molecule has 0 radical (unpaired) electrons. The molecule has 0 heterocycles. The van der Waals surface area contributed by atoms with Gasteiger partial charge in [-0.15, -0.1) is 0 Å². The number of carbonyl (C=O) groups is 3. The van der Waals surface area contributed by atoms with Crippen molar-refractivity contribution in [3.8, 4) is 0 Å². The number of aliphatic carboxylic acids is 1. The van der Waals surface area contributed by atoms with Crippen molar-refractivity contribution in [2.75, 3.05) is 0 Å². The number of rotatable bonds is 8. The molecule has 0 aliphatic carbocycles. The molecule has 2 aromatic rings. The molecule has 4 nitrogen and oxygen atoms in total. The number of hydrogen-bond donors (Lipinski definition) is 1. The predicted molar refractivity (Wildman–Crippen MR) is 95.5 cm³/mol. The summed E-state index contributed by atoms with van der Waals surface area (Å²) in [6, 6.07) is 13.8. The minimum absolute atomic E-state index is 0.0426. The Morgan fingerprint density at radius 2 is 1.58 bits per heavy atom. The lowest BCUT2D eigenvalue weighted by atomic mass is 9.72. The lowest BCUT2D eigenvalue weighted by Gasteiger charge is -2.28. The van der Waals surface area contributed by atoms with Crippen LogP contribution < -0.4 is 0 Å². The average molecular weight is 356 g/mol. The van der Waals surface area contributed by atoms with Gasteiger partial charge in [-0.25, -0.2) is 4.39 Å². The van der Waals surface area contributed by atoms with E-state index in [2.05, 4.69) is 0 Å². The summed E-state index contributed by atoms with van der Waals surface area (Å²) in [7, 11) is 0. The van der Waals surface area contributed by atoms with Crippen molar-refractivity contribution < 1.29 is 23.9 Å². The zero-order chi connectivity index (χ0) is 19.3. The standard InChI is InChI=1S/C21H21FO4/c1-3-17(23)19(21(25)26)18(14-9-11-16(22)12-10-14)13(2)20(24)15-7-5-4-6-8-15/h4-13,18-19H,3H2,1-2H3,(H,25,26). The first-order valence-electron chi connectivity index (χ1n) is 8.47. The molecule has 0 saturated carbocycles. The number of halogens is 1. The van der Waals surface area contributed by atoms with Crippen LogP contribution in [0.15, 0.2) is 54.6 Å². The molecule has 0 aliphatic rings. The van der Waals surface area contributed by atoms with Crippen LogP contribution in [0, 0.1) is 17.7 Å². The first-order valence-corrected chi connectivity index (χ1v) is 8.47. The highest BCUT2D eigenvalue weighted by atomic mass is 19.1. The van der Waals surface area contributed by atoms with Gasteiger partial charge in [-0.1, -0.05) is 56.3 Å². The van der Waals surface area contributed by atoms with Gasteiger partial charge in [0, 0.05) is 23.8 Å². The zero-order valence-electron chi connectivity index (χ0n) is 14.7. The molecular formula is C21H21FO4. The number of Topliss-reactive ketones (excluding diaryl/α,β-unsaturated/α-hetero) is 2. The lowest BCUT2D eigenvalue weighted by Crippen LogP contribution is -2.35. The summed E-state index contributed by atoms with van der Waals surface area (Å²) in [5.74, 6) is -5.47. The third-order valence-corrected chi connectivity index (χ3v) is 4.59. The largest absolute Gasteiger partial charge is 0.481 e. The van der Waals surface area contributed by atoms with E-state index in [4.69, 9.17) is 0 Å². The van der Waals surface area contributed by atoms with Crippen molar-refractivity contribution in [2.45, 2.75) is 26.2 Å². The number of carboxylic acid groups (broad SMARTS) is 1. The molecule has 3 atom stereocenters. The van der Waals surface area contributed by atoms with Gasteiger partial charge in [-0.3, -0.25) is 14.4 Å². The van der Waals surface area contributed by atoms with Gasteiger partial charge in [0.2, 0.25) is 0 Å². The van der Waals surface area contributed by atoms with Crippen LogP contribution in [0.4, 0.5) is 4.39 Å². The Balaban J connectivity index is 2.51. The Bertz CT molecular complexity index is 783. The first kappa shape index (κ1) is 19.5. The summed E-state index contributed by atoms with van der Waals surface area (Å²) in [5.41, 5.74) is 0.901. The Morgan fingerprint density at radius 3 is 2.08 bits per heavy atom. The summed E-state index contributed by atoms with van der Waals surface area (Å²) < 4.78 is 13.3. The molecule has 136 valence electrons. The van der Waals surface area contributed by atoms with E-state index in [1.807, 2.05) is 0 Å². The molecule has 3 unspecified atom stereocenters. The fourth-order valence-corrected chi connectivity index (χ4v) is 3.19. The summed E-state index contributed by atoms with van der Waals surface area (Å²) in [6.45, 7) is 3.20. The molecule has 0 fully saturated rings. The van der Waals surface area contributed by atoms with Crippen molar-refractivity contribution in [3.63, 3.8) is 0 Å². The average Bonchev–Trinajstić information content (AvgIpc) is 2.65. The maximum absolute atomic E-state index is 13.3. The van der Waals surface area contributed by atoms with E-state index in [1.54, 1.807) is 44.2 Å². The number of carbonyl (C=O) groups excluding carboxylic acids is 2. The maximum Gasteiger partial charge on any atom is 0.314 e. The van der Waals surface area contributed by atoms with E-state index in [0.717, 1.165) is 0 Å². The number of hydrogen-bond acceptors (Lipinski definition) is 3. The van der Waals surface area contributed by atoms with Gasteiger partial charge < -0.3 is 5.11 Å². The topological polar surface area (TPSA) is 71.4 Å². The fraction of sp³-hybridized carbons (Fsp3) is 0.286. The van der Waals surface area contributed by atoms with E-state index >= 15 is 0 Å². The second-order valence-corrected chi connectivity index (χ2v) is 6.23. The molecule has 0 aliphatic heterocycles. The predicted octanol–water partition coefficient (Wildman–Crippen LogP) is 4.11. The van der Waals surface area contributed by atoms with Crippen molar-refractivity contribution in [1.82, 2.24) is 0 Å². The number of carboxylic acids is 1. The second-order valence-electron chi connectivity index (χ2n) is 6.23. The van der Waals surface area contributed by atoms with Gasteiger partial charge in [0.05, 0.1) is 0 Å². The highest BCUT2D eigenvalue weighted by molar-refractivity contribution is 6.02. The number of benzene rings is 2. The number of ketones is 2. The molecule has 0 spiro atoms. The molecule has 0 saturated heterocycles. The van der Waals surface area contributed by atoms with Gasteiger partial charge in [0.1, 0.15) is 17.5 Å². The minimum atomic E-state index is -1.37. The van der Waals surface area contributed by atoms with Crippen LogP contribution in [0.1, 0.15) is 42.1 Å². The molecule has 2 rings (SSSR count). The highest BCUT2D eigenvalue weighted by Crippen LogP contribution is 2.36. The Hall–Kier alpha value is -2.82. The van der Waals surface area contributed by atoms with Crippen LogP contribution >= 0.6 is 0 Å². The van der Waals surface area contributed by atoms with Crippen LogP contribution in [0.3, 0.4) is 0 Å². The maximum atomic E-state index is 13.3. The summed E-state index contributed by atoms with van der Waals surface area (Å²) in [6.07, 6.45) is 0.0426. The minimum Gasteiger partial charge on any atom is -0.481 e. The quantitative estimate of drug-likeness (QED) is 0.571. The van der Waals surface area contributed by atoms with Crippen LogP contribution in [0.25, 0.3) is 0 Å². The fourth-order valence-electron chi connectivity index (χ4n) is 3.19. The summed E-state index contributed by atoms with van der Waals surface area (Å²) in [5, 5.41) is 9.66. The molecule has 2 aromatic carbocycles. The smallest absolute Gasteiger partial charge is 0.314 e. The van der Waals surface area contributed by atoms with E-state index in [0.29, 0.717) is 11.1 Å². The van der Waals surface area contributed by atoms with Gasteiger partial charge in [-0.05, 0) is 17.7 Å². The van der Waals surface area contributed by atoms with Crippen LogP contribution in [0.5, 0.6) is 0 Å². The molecule has 1 N–H and O–H groups in total. The van der Waals surface area contributed by atoms with Gasteiger partial charge in [-0.2, -0.15) is 0 Å². The van der Waals surface area contributed by atoms with Crippen molar-refractivity contribution in [1.29, 1.82) is 0 Å². The molecule has 0 amide bonds. The third-order valence-electron chi connectivity index (χ3n) is 4.59. The van der Waals surface area contributed by atoms with Gasteiger partial charge in [0.25, 0.3) is 0 Å². The van der Waals surface area contributed by atoms with Crippen LogP contribution in [0.2, 0.25) is 0 Å². The van der Waals surface area contributed by atoms with E-state index < -0.39 is 35.3 Å². The molecular weight excluding hydrogens is 335 g/mol. The van der Waals surface area contributed by atoms with Crippen molar-refractivity contribution >= 4 is 17.5 Å². The molecule has 26 heavy (non-hydrogen) atoms. The van der Waals surface area contributed by atoms with Crippen molar-refractivity contribution in [2.24, 2.45) is 11.8 Å². The Morgan fingerprint density at radius 1 is 1.00 bits per heavy atom. The van der Waals surface area contributed by atoms with Gasteiger partial charge in [0.15, 0.2) is 5.78 Å². The van der Waals surface area contributed by atoms with E-state index in [-0.39, 0.29) is 12.2 Å². The normalized spacial score (nSPS) is 14.3. The highest BCUT2D eigenvalue weighted by Gasteiger charge is 2.40. The summed E-state index contributed by atoms with van der Waals surface area (Å²) >= 11 is 0. The second kappa shape index (κ2) is 8.52. The molecule has 5 heteroatoms. The van der Waals surface area contributed by atoms with Crippen LogP contribution in [-0.4, -0.2) is 22.6 Å². The SMILES string of the molecule is CCC(=O)C(C(=O)O)C(c1ccc(F)cc1)C(C)C(=O)c1ccccc1. The summed E-state index contributed by atoms with van der Waals surface area (Å²) in [4.78, 5) is 37.1.